The molecule has 7 heteroatoms. The Morgan fingerprint density at radius 1 is 1.00 bits per heavy atom. The number of hydrogen-bond donors (Lipinski definition) is 1. The number of carbonyl (C=O) groups is 1. The number of fused-ring (bicyclic) bond motifs is 1. The summed E-state index contributed by atoms with van der Waals surface area (Å²) in [5, 5.41) is 0.475. The quantitative estimate of drug-likeness (QED) is 0.382. The van der Waals surface area contributed by atoms with Gasteiger partial charge in [-0.1, -0.05) is 48.0 Å². The highest BCUT2D eigenvalue weighted by Crippen LogP contribution is 2.36. The van der Waals surface area contributed by atoms with Gasteiger partial charge in [0.25, 0.3) is 10.0 Å². The topological polar surface area (TPSA) is 85.6 Å². The fraction of sp³-hybridized carbons (Fsp3) is 0.160. The van der Waals surface area contributed by atoms with Crippen LogP contribution < -0.4 is 4.72 Å². The fourth-order valence-electron chi connectivity index (χ4n) is 3.67. The number of anilines is 1. The Balaban J connectivity index is 1.81. The van der Waals surface area contributed by atoms with Crippen molar-refractivity contribution in [3.05, 3.63) is 83.4 Å². The molecule has 0 radical (unpaired) electrons. The van der Waals surface area contributed by atoms with E-state index in [1.54, 1.807) is 44.2 Å². The molecule has 3 aromatic carbocycles. The third kappa shape index (κ3) is 4.11. The molecule has 0 fully saturated rings. The average Bonchev–Trinajstić information content (AvgIpc) is 3.13. The number of furan rings is 1. The second-order valence-corrected chi connectivity index (χ2v) is 9.13. The van der Waals surface area contributed by atoms with Gasteiger partial charge >= 0.3 is 5.97 Å². The lowest BCUT2D eigenvalue weighted by Gasteiger charge is -2.11. The van der Waals surface area contributed by atoms with E-state index in [9.17, 15) is 13.2 Å². The van der Waals surface area contributed by atoms with Crippen molar-refractivity contribution in [3.63, 3.8) is 0 Å². The summed E-state index contributed by atoms with van der Waals surface area (Å²) in [6.45, 7) is 5.60. The molecular weight excluding hydrogens is 426 g/mol. The maximum absolute atomic E-state index is 13.0. The van der Waals surface area contributed by atoms with Crippen LogP contribution in [-0.2, 0) is 14.8 Å². The molecule has 164 valence electrons. The molecule has 1 heterocycles. The van der Waals surface area contributed by atoms with Crippen molar-refractivity contribution in [2.75, 3.05) is 11.3 Å². The number of aryl methyl sites for hydroxylation is 2. The third-order valence-electron chi connectivity index (χ3n) is 5.08. The summed E-state index contributed by atoms with van der Waals surface area (Å²) >= 11 is 0. The van der Waals surface area contributed by atoms with Crippen molar-refractivity contribution in [3.8, 4) is 11.3 Å². The van der Waals surface area contributed by atoms with E-state index in [1.165, 1.54) is 0 Å². The van der Waals surface area contributed by atoms with E-state index in [0.717, 1.165) is 11.1 Å². The molecule has 6 nitrogen and oxygen atoms in total. The van der Waals surface area contributed by atoms with Crippen molar-refractivity contribution >= 4 is 32.6 Å². The number of sulfonamides is 1. The van der Waals surface area contributed by atoms with Crippen LogP contribution in [-0.4, -0.2) is 21.0 Å². The molecule has 0 aliphatic heterocycles. The molecule has 0 aliphatic carbocycles. The third-order valence-corrected chi connectivity index (χ3v) is 6.62. The van der Waals surface area contributed by atoms with Crippen LogP contribution in [0.1, 0.15) is 28.4 Å². The van der Waals surface area contributed by atoms with E-state index < -0.39 is 16.0 Å². The van der Waals surface area contributed by atoms with Crippen LogP contribution in [0.4, 0.5) is 5.69 Å². The summed E-state index contributed by atoms with van der Waals surface area (Å²) in [7, 11) is -3.81. The van der Waals surface area contributed by atoms with Gasteiger partial charge in [-0.25, -0.2) is 13.2 Å². The summed E-state index contributed by atoms with van der Waals surface area (Å²) in [5.41, 5.74) is 3.41. The zero-order valence-electron chi connectivity index (χ0n) is 18.0. The maximum atomic E-state index is 13.0. The smallest absolute Gasteiger partial charge is 0.342 e. The van der Waals surface area contributed by atoms with Gasteiger partial charge in [-0.15, -0.1) is 0 Å². The maximum Gasteiger partial charge on any atom is 0.342 e. The van der Waals surface area contributed by atoms with E-state index in [4.69, 9.17) is 9.15 Å². The van der Waals surface area contributed by atoms with Gasteiger partial charge in [-0.05, 0) is 50.6 Å². The van der Waals surface area contributed by atoms with Gasteiger partial charge in [0.1, 0.15) is 16.9 Å². The Morgan fingerprint density at radius 2 is 1.75 bits per heavy atom. The molecule has 1 aromatic heterocycles. The molecular formula is C25H23NO5S. The molecule has 0 saturated carbocycles. The highest BCUT2D eigenvalue weighted by atomic mass is 32.2. The normalized spacial score (nSPS) is 11.5. The monoisotopic (exact) mass is 449 g/mol. The number of esters is 1. The van der Waals surface area contributed by atoms with Gasteiger partial charge in [-0.2, -0.15) is 0 Å². The van der Waals surface area contributed by atoms with Crippen LogP contribution in [0.3, 0.4) is 0 Å². The minimum Gasteiger partial charge on any atom is -0.462 e. The first kappa shape index (κ1) is 21.6. The first-order chi connectivity index (χ1) is 15.3. The second-order valence-electron chi connectivity index (χ2n) is 7.48. The van der Waals surface area contributed by atoms with E-state index >= 15 is 0 Å². The summed E-state index contributed by atoms with van der Waals surface area (Å²) < 4.78 is 39.8. The van der Waals surface area contributed by atoms with Crippen LogP contribution >= 0.6 is 0 Å². The van der Waals surface area contributed by atoms with Crippen molar-refractivity contribution in [2.24, 2.45) is 0 Å². The predicted molar refractivity (Wildman–Crippen MR) is 124 cm³/mol. The van der Waals surface area contributed by atoms with Gasteiger partial charge in [0.05, 0.1) is 11.5 Å². The molecule has 0 amide bonds. The van der Waals surface area contributed by atoms with Gasteiger partial charge in [-0.3, -0.25) is 4.72 Å². The van der Waals surface area contributed by atoms with E-state index in [1.807, 2.05) is 43.3 Å². The number of ether oxygens (including phenoxy) is 1. The lowest BCUT2D eigenvalue weighted by Crippen LogP contribution is -2.14. The van der Waals surface area contributed by atoms with Crippen molar-refractivity contribution in [1.29, 1.82) is 0 Å². The Hall–Kier alpha value is -3.58. The summed E-state index contributed by atoms with van der Waals surface area (Å²) in [4.78, 5) is 13.0. The van der Waals surface area contributed by atoms with Crippen LogP contribution in [0.5, 0.6) is 0 Å². The van der Waals surface area contributed by atoms with Crippen LogP contribution in [0.2, 0.25) is 0 Å². The lowest BCUT2D eigenvalue weighted by atomic mass is 10.1. The first-order valence-electron chi connectivity index (χ1n) is 10.2. The van der Waals surface area contributed by atoms with Crippen molar-refractivity contribution in [1.82, 2.24) is 0 Å². The molecule has 32 heavy (non-hydrogen) atoms. The van der Waals surface area contributed by atoms with Crippen LogP contribution in [0, 0.1) is 13.8 Å². The zero-order chi connectivity index (χ0) is 22.9. The number of benzene rings is 3. The number of hydrogen-bond acceptors (Lipinski definition) is 5. The summed E-state index contributed by atoms with van der Waals surface area (Å²) in [6, 6.07) is 19.2. The molecule has 4 rings (SSSR count). The number of carbonyl (C=O) groups excluding carboxylic acids is 1. The van der Waals surface area contributed by atoms with E-state index in [2.05, 4.69) is 4.72 Å². The molecule has 0 unspecified atom stereocenters. The highest BCUT2D eigenvalue weighted by Gasteiger charge is 2.24. The molecule has 0 saturated heterocycles. The lowest BCUT2D eigenvalue weighted by molar-refractivity contribution is 0.0528. The predicted octanol–water partition coefficient (Wildman–Crippen LogP) is 5.69. The molecule has 1 N–H and O–H groups in total. The highest BCUT2D eigenvalue weighted by molar-refractivity contribution is 7.92. The number of rotatable bonds is 6. The SMILES string of the molecule is CCOC(=O)c1c(-c2ccccc2)oc2ccc(NS(=O)(=O)c3ccc(C)cc3C)cc12. The van der Waals surface area contributed by atoms with Gasteiger partial charge in [0.15, 0.2) is 0 Å². The summed E-state index contributed by atoms with van der Waals surface area (Å²) in [6.07, 6.45) is 0. The zero-order valence-corrected chi connectivity index (χ0v) is 18.8. The van der Waals surface area contributed by atoms with Gasteiger partial charge in [0, 0.05) is 16.6 Å². The minimum atomic E-state index is -3.81. The molecule has 0 bridgehead atoms. The largest absolute Gasteiger partial charge is 0.462 e. The van der Waals surface area contributed by atoms with Gasteiger partial charge in [0.2, 0.25) is 0 Å². The van der Waals surface area contributed by atoms with Crippen molar-refractivity contribution < 1.29 is 22.4 Å². The van der Waals surface area contributed by atoms with Gasteiger partial charge < -0.3 is 9.15 Å². The Labute approximate surface area is 186 Å². The fourth-order valence-corrected chi connectivity index (χ4v) is 4.95. The molecule has 0 spiro atoms. The molecule has 0 aliphatic rings. The van der Waals surface area contributed by atoms with Crippen molar-refractivity contribution in [2.45, 2.75) is 25.7 Å². The van der Waals surface area contributed by atoms with E-state index in [0.29, 0.717) is 28.0 Å². The van der Waals surface area contributed by atoms with Crippen LogP contribution in [0.25, 0.3) is 22.3 Å². The molecule has 4 aromatic rings. The first-order valence-corrected chi connectivity index (χ1v) is 11.7. The standard InChI is InChI=1S/C25H23NO5S/c1-4-30-25(27)23-20-15-19(26-32(28,29)22-13-10-16(2)14-17(22)3)11-12-21(20)31-24(23)18-8-6-5-7-9-18/h5-15,26H,4H2,1-3H3. The Kier molecular flexibility index (Phi) is 5.76. The summed E-state index contributed by atoms with van der Waals surface area (Å²) in [5.74, 6) is -0.145. The van der Waals surface area contributed by atoms with Crippen LogP contribution in [0.15, 0.2) is 76.0 Å². The average molecular weight is 450 g/mol. The molecule has 0 atom stereocenters. The second kappa shape index (κ2) is 8.51. The minimum absolute atomic E-state index is 0.200. The van der Waals surface area contributed by atoms with E-state index in [-0.39, 0.29) is 17.1 Å². The Bertz CT molecular complexity index is 1410. The number of nitrogens with one attached hydrogen (secondary N) is 1. The Morgan fingerprint density at radius 3 is 2.44 bits per heavy atom.